The molecule has 0 unspecified atom stereocenters. The summed E-state index contributed by atoms with van der Waals surface area (Å²) in [6.45, 7) is 3.78. The molecule has 0 bridgehead atoms. The highest BCUT2D eigenvalue weighted by Crippen LogP contribution is 2.01. The van der Waals surface area contributed by atoms with E-state index in [4.69, 9.17) is 4.74 Å². The van der Waals surface area contributed by atoms with Gasteiger partial charge in [0, 0.05) is 45.6 Å². The molecular formula is C14H22N4O3. The van der Waals surface area contributed by atoms with Crippen molar-refractivity contribution in [3.8, 4) is 0 Å². The van der Waals surface area contributed by atoms with Crippen LogP contribution in [0, 0.1) is 0 Å². The Morgan fingerprint density at radius 2 is 2.14 bits per heavy atom. The third kappa shape index (κ3) is 6.31. The predicted molar refractivity (Wildman–Crippen MR) is 77.7 cm³/mol. The number of rotatable bonds is 9. The van der Waals surface area contributed by atoms with Crippen molar-refractivity contribution in [2.75, 3.05) is 33.4 Å². The average molecular weight is 294 g/mol. The van der Waals surface area contributed by atoms with Crippen LogP contribution in [0.25, 0.3) is 0 Å². The number of hydrogen-bond acceptors (Lipinski definition) is 5. The van der Waals surface area contributed by atoms with Crippen molar-refractivity contribution >= 4 is 11.8 Å². The number of carbonyl (C=O) groups is 2. The van der Waals surface area contributed by atoms with Crippen LogP contribution < -0.4 is 5.32 Å². The van der Waals surface area contributed by atoms with Crippen molar-refractivity contribution in [2.45, 2.75) is 19.8 Å². The summed E-state index contributed by atoms with van der Waals surface area (Å²) < 4.78 is 5.00. The second-order valence-electron chi connectivity index (χ2n) is 4.48. The first kappa shape index (κ1) is 17.0. The molecular weight excluding hydrogens is 272 g/mol. The monoisotopic (exact) mass is 294 g/mol. The summed E-state index contributed by atoms with van der Waals surface area (Å²) in [4.78, 5) is 33.4. The van der Waals surface area contributed by atoms with E-state index in [9.17, 15) is 9.59 Å². The Bertz CT molecular complexity index is 439. The fourth-order valence-corrected chi connectivity index (χ4v) is 1.68. The molecule has 0 radical (unpaired) electrons. The number of nitrogens with zero attached hydrogens (tertiary/aromatic N) is 3. The predicted octanol–water partition coefficient (Wildman–Crippen LogP) is 0.482. The molecule has 1 aromatic heterocycles. The van der Waals surface area contributed by atoms with E-state index >= 15 is 0 Å². The SMILES string of the molecule is CCCNC(=O)CCN(CCOC)C(=O)c1cnccn1. The molecule has 21 heavy (non-hydrogen) atoms. The Labute approximate surface area is 124 Å². The molecule has 1 aromatic rings. The van der Waals surface area contributed by atoms with Gasteiger partial charge in [-0.15, -0.1) is 0 Å². The standard InChI is InChI=1S/C14H22N4O3/c1-3-5-17-13(19)4-8-18(9-10-21-2)14(20)12-11-15-6-7-16-12/h6-7,11H,3-5,8-10H2,1-2H3,(H,17,19). The third-order valence-corrected chi connectivity index (χ3v) is 2.82. The summed E-state index contributed by atoms with van der Waals surface area (Å²) in [7, 11) is 1.57. The third-order valence-electron chi connectivity index (χ3n) is 2.82. The molecule has 1 N–H and O–H groups in total. The molecule has 2 amide bonds. The second kappa shape index (κ2) is 9.82. The Balaban J connectivity index is 2.58. The molecule has 0 aliphatic heterocycles. The average Bonchev–Trinajstić information content (AvgIpc) is 2.53. The maximum Gasteiger partial charge on any atom is 0.274 e. The maximum absolute atomic E-state index is 12.3. The minimum atomic E-state index is -0.247. The molecule has 0 fully saturated rings. The number of aromatic nitrogens is 2. The van der Waals surface area contributed by atoms with Gasteiger partial charge >= 0.3 is 0 Å². The van der Waals surface area contributed by atoms with E-state index in [1.807, 2.05) is 6.92 Å². The molecule has 7 heteroatoms. The molecule has 0 atom stereocenters. The van der Waals surface area contributed by atoms with Crippen LogP contribution in [-0.4, -0.2) is 60.0 Å². The molecule has 0 aliphatic rings. The molecule has 0 spiro atoms. The number of hydrogen-bond donors (Lipinski definition) is 1. The van der Waals surface area contributed by atoms with Crippen molar-refractivity contribution in [2.24, 2.45) is 0 Å². The fraction of sp³-hybridized carbons (Fsp3) is 0.571. The molecule has 116 valence electrons. The highest BCUT2D eigenvalue weighted by atomic mass is 16.5. The number of carbonyl (C=O) groups excluding carboxylic acids is 2. The lowest BCUT2D eigenvalue weighted by molar-refractivity contribution is -0.121. The zero-order valence-electron chi connectivity index (χ0n) is 12.5. The van der Waals surface area contributed by atoms with Crippen LogP contribution in [0.3, 0.4) is 0 Å². The highest BCUT2D eigenvalue weighted by Gasteiger charge is 2.17. The second-order valence-corrected chi connectivity index (χ2v) is 4.48. The van der Waals surface area contributed by atoms with E-state index in [1.54, 1.807) is 12.0 Å². The summed E-state index contributed by atoms with van der Waals surface area (Å²) in [5.74, 6) is -0.311. The summed E-state index contributed by atoms with van der Waals surface area (Å²) in [6.07, 6.45) is 5.54. The molecule has 0 saturated heterocycles. The van der Waals surface area contributed by atoms with Gasteiger partial charge < -0.3 is 15.0 Å². The van der Waals surface area contributed by atoms with Gasteiger partial charge in [-0.25, -0.2) is 4.98 Å². The van der Waals surface area contributed by atoms with Crippen LogP contribution in [0.5, 0.6) is 0 Å². The van der Waals surface area contributed by atoms with Crippen LogP contribution in [0.4, 0.5) is 0 Å². The van der Waals surface area contributed by atoms with Gasteiger partial charge in [-0.2, -0.15) is 0 Å². The van der Waals surface area contributed by atoms with Crippen LogP contribution in [-0.2, 0) is 9.53 Å². The van der Waals surface area contributed by atoms with Gasteiger partial charge in [0.2, 0.25) is 5.91 Å². The van der Waals surface area contributed by atoms with Crippen molar-refractivity contribution in [3.05, 3.63) is 24.3 Å². The van der Waals surface area contributed by atoms with Crippen molar-refractivity contribution in [1.29, 1.82) is 0 Å². The van der Waals surface area contributed by atoms with Gasteiger partial charge in [0.1, 0.15) is 5.69 Å². The largest absolute Gasteiger partial charge is 0.383 e. The van der Waals surface area contributed by atoms with Crippen molar-refractivity contribution < 1.29 is 14.3 Å². The van der Waals surface area contributed by atoms with Gasteiger partial charge in [-0.05, 0) is 6.42 Å². The van der Waals surface area contributed by atoms with Crippen molar-refractivity contribution in [1.82, 2.24) is 20.2 Å². The van der Waals surface area contributed by atoms with E-state index in [0.29, 0.717) is 26.2 Å². The molecule has 1 rings (SSSR count). The topological polar surface area (TPSA) is 84.4 Å². The summed E-state index contributed by atoms with van der Waals surface area (Å²) in [6, 6.07) is 0. The lowest BCUT2D eigenvalue weighted by Gasteiger charge is -2.21. The number of methoxy groups -OCH3 is 1. The lowest BCUT2D eigenvalue weighted by atomic mass is 10.3. The zero-order chi connectivity index (χ0) is 15.5. The van der Waals surface area contributed by atoms with Gasteiger partial charge in [0.25, 0.3) is 5.91 Å². The van der Waals surface area contributed by atoms with E-state index in [2.05, 4.69) is 15.3 Å². The first-order valence-electron chi connectivity index (χ1n) is 7.00. The van der Waals surface area contributed by atoms with Gasteiger partial charge in [0.05, 0.1) is 12.8 Å². The number of ether oxygens (including phenoxy) is 1. The molecule has 0 aromatic carbocycles. The highest BCUT2D eigenvalue weighted by molar-refractivity contribution is 5.92. The Morgan fingerprint density at radius 3 is 2.76 bits per heavy atom. The normalized spacial score (nSPS) is 10.2. The van der Waals surface area contributed by atoms with E-state index in [0.717, 1.165) is 6.42 Å². The summed E-state index contributed by atoms with van der Waals surface area (Å²) in [5, 5.41) is 2.79. The van der Waals surface area contributed by atoms with Crippen LogP contribution in [0.2, 0.25) is 0 Å². The summed E-state index contributed by atoms with van der Waals surface area (Å²) in [5.41, 5.74) is 0.266. The van der Waals surface area contributed by atoms with E-state index in [-0.39, 0.29) is 23.9 Å². The quantitative estimate of drug-likeness (QED) is 0.716. The zero-order valence-corrected chi connectivity index (χ0v) is 12.5. The van der Waals surface area contributed by atoms with Crippen molar-refractivity contribution in [3.63, 3.8) is 0 Å². The first-order valence-corrected chi connectivity index (χ1v) is 7.00. The Kier molecular flexibility index (Phi) is 7.96. The van der Waals surface area contributed by atoms with E-state index < -0.39 is 0 Å². The van der Waals surface area contributed by atoms with Crippen LogP contribution in [0.1, 0.15) is 30.3 Å². The van der Waals surface area contributed by atoms with E-state index in [1.165, 1.54) is 18.6 Å². The molecule has 1 heterocycles. The van der Waals surface area contributed by atoms with Gasteiger partial charge in [-0.3, -0.25) is 14.6 Å². The molecule has 7 nitrogen and oxygen atoms in total. The number of nitrogens with one attached hydrogen (secondary N) is 1. The van der Waals surface area contributed by atoms with Crippen LogP contribution >= 0.6 is 0 Å². The molecule has 0 aliphatic carbocycles. The minimum absolute atomic E-state index is 0.0637. The fourth-order valence-electron chi connectivity index (χ4n) is 1.68. The summed E-state index contributed by atoms with van der Waals surface area (Å²) >= 11 is 0. The number of amides is 2. The lowest BCUT2D eigenvalue weighted by Crippen LogP contribution is -2.37. The Morgan fingerprint density at radius 1 is 1.33 bits per heavy atom. The first-order chi connectivity index (χ1) is 10.2. The van der Waals surface area contributed by atoms with Crippen LogP contribution in [0.15, 0.2) is 18.6 Å². The molecule has 0 saturated carbocycles. The Hall–Kier alpha value is -2.02. The van der Waals surface area contributed by atoms with Gasteiger partial charge in [0.15, 0.2) is 0 Å². The smallest absolute Gasteiger partial charge is 0.274 e. The maximum atomic E-state index is 12.3. The minimum Gasteiger partial charge on any atom is -0.383 e. The van der Waals surface area contributed by atoms with Gasteiger partial charge in [-0.1, -0.05) is 6.92 Å².